The Labute approximate surface area is 229 Å². The van der Waals surface area contributed by atoms with Crippen molar-refractivity contribution in [1.82, 2.24) is 35.0 Å². The standard InChI is InChI=1S/C30H27FN8O/c31-20-11-18(13-22(14-20)40-10-9-39-7-1-2-8-39)23-5-6-34-30-24(23)15-27(36-30)29-28-26(37-38-29)4-3-25(35-28)19-12-21(32)17-33-16-19/h3-6,11-17H,1-2,7-10,32H2,(H,34,36)(H,37,38). The molecule has 9 nitrogen and oxygen atoms in total. The molecule has 0 radical (unpaired) electrons. The molecule has 4 N–H and O–H groups in total. The highest BCUT2D eigenvalue weighted by Crippen LogP contribution is 2.35. The number of hydrogen-bond acceptors (Lipinski definition) is 7. The van der Waals surface area contributed by atoms with Crippen LogP contribution >= 0.6 is 0 Å². The van der Waals surface area contributed by atoms with Gasteiger partial charge in [0, 0.05) is 42.2 Å². The second kappa shape index (κ2) is 10.0. The number of nitrogen functional groups attached to an aromatic ring is 1. The minimum absolute atomic E-state index is 0.347. The Bertz CT molecular complexity index is 1840. The van der Waals surface area contributed by atoms with Crippen molar-refractivity contribution < 1.29 is 9.13 Å². The second-order valence-electron chi connectivity index (χ2n) is 10.0. The largest absolute Gasteiger partial charge is 0.492 e. The number of nitrogens with zero attached hydrogens (tertiary/aromatic N) is 5. The maximum atomic E-state index is 14.7. The highest BCUT2D eigenvalue weighted by atomic mass is 19.1. The predicted molar refractivity (Wildman–Crippen MR) is 153 cm³/mol. The molecule has 1 aromatic carbocycles. The van der Waals surface area contributed by atoms with E-state index < -0.39 is 0 Å². The minimum atomic E-state index is -0.347. The van der Waals surface area contributed by atoms with Crippen molar-refractivity contribution in [3.63, 3.8) is 0 Å². The number of nitrogens with one attached hydrogen (secondary N) is 2. The Hall–Kier alpha value is -4.83. The van der Waals surface area contributed by atoms with E-state index in [0.29, 0.717) is 34.9 Å². The average Bonchev–Trinajstić information content (AvgIpc) is 3.72. The van der Waals surface area contributed by atoms with Gasteiger partial charge in [0.1, 0.15) is 35.0 Å². The van der Waals surface area contributed by atoms with Gasteiger partial charge in [-0.15, -0.1) is 0 Å². The Morgan fingerprint density at radius 1 is 1.00 bits per heavy atom. The first-order valence-electron chi connectivity index (χ1n) is 13.3. The van der Waals surface area contributed by atoms with Crippen molar-refractivity contribution >= 4 is 27.8 Å². The van der Waals surface area contributed by atoms with E-state index in [2.05, 4.69) is 30.0 Å². The number of likely N-dealkylation sites (tertiary alicyclic amines) is 1. The zero-order valence-electron chi connectivity index (χ0n) is 21.7. The molecule has 6 heterocycles. The SMILES string of the molecule is Nc1cncc(-c2ccc3[nH]nc(-c4cc5c(-c6cc(F)cc(OCCN7CCCC7)c6)ccnc5[nH]4)c3n2)c1. The first-order chi connectivity index (χ1) is 19.6. The summed E-state index contributed by atoms with van der Waals surface area (Å²) in [6, 6.07) is 14.4. The van der Waals surface area contributed by atoms with Gasteiger partial charge in [0.15, 0.2) is 0 Å². The van der Waals surface area contributed by atoms with Gasteiger partial charge in [-0.3, -0.25) is 15.0 Å². The zero-order valence-corrected chi connectivity index (χ0v) is 21.7. The lowest BCUT2D eigenvalue weighted by Crippen LogP contribution is -2.25. The second-order valence-corrected chi connectivity index (χ2v) is 10.0. The first kappa shape index (κ1) is 24.2. The van der Waals surface area contributed by atoms with E-state index in [0.717, 1.165) is 58.6 Å². The summed E-state index contributed by atoms with van der Waals surface area (Å²) in [5.41, 5.74) is 13.2. The van der Waals surface area contributed by atoms with Crippen LogP contribution in [-0.2, 0) is 0 Å². The Morgan fingerprint density at radius 2 is 1.90 bits per heavy atom. The molecule has 10 heteroatoms. The molecule has 5 aromatic heterocycles. The smallest absolute Gasteiger partial charge is 0.138 e. The van der Waals surface area contributed by atoms with Crippen molar-refractivity contribution in [3.8, 4) is 39.5 Å². The van der Waals surface area contributed by atoms with Crippen LogP contribution < -0.4 is 10.5 Å². The molecule has 0 spiro atoms. The van der Waals surface area contributed by atoms with E-state index in [1.165, 1.54) is 25.0 Å². The van der Waals surface area contributed by atoms with Crippen molar-refractivity contribution in [2.75, 3.05) is 32.0 Å². The van der Waals surface area contributed by atoms with Crippen LogP contribution in [0, 0.1) is 5.82 Å². The molecule has 1 saturated heterocycles. The molecule has 0 aliphatic carbocycles. The van der Waals surface area contributed by atoms with Crippen LogP contribution in [0.15, 0.2) is 67.1 Å². The summed E-state index contributed by atoms with van der Waals surface area (Å²) >= 11 is 0. The number of aromatic nitrogens is 6. The molecule has 0 bridgehead atoms. The first-order valence-corrected chi connectivity index (χ1v) is 13.3. The number of rotatable bonds is 7. The molecule has 1 fully saturated rings. The quantitative estimate of drug-likeness (QED) is 0.250. The van der Waals surface area contributed by atoms with Crippen LogP contribution in [0.3, 0.4) is 0 Å². The molecule has 6 aromatic rings. The van der Waals surface area contributed by atoms with E-state index in [-0.39, 0.29) is 5.82 Å². The molecule has 0 amide bonds. The van der Waals surface area contributed by atoms with Gasteiger partial charge in [0.05, 0.1) is 22.6 Å². The molecular formula is C30H27FN8O. The normalized spacial score (nSPS) is 13.9. The summed E-state index contributed by atoms with van der Waals surface area (Å²) in [5.74, 6) is 0.168. The predicted octanol–water partition coefficient (Wildman–Crippen LogP) is 5.43. The maximum Gasteiger partial charge on any atom is 0.138 e. The number of nitrogens with two attached hydrogens (primary N) is 1. The third-order valence-electron chi connectivity index (χ3n) is 7.31. The van der Waals surface area contributed by atoms with E-state index in [4.69, 9.17) is 15.5 Å². The fourth-order valence-electron chi connectivity index (χ4n) is 5.35. The Kier molecular flexibility index (Phi) is 6.09. The molecule has 0 saturated carbocycles. The fraction of sp³-hybridized carbons (Fsp3) is 0.200. The van der Waals surface area contributed by atoms with Crippen LogP contribution in [0.1, 0.15) is 12.8 Å². The topological polar surface area (TPSA) is 122 Å². The number of aromatic amines is 2. The van der Waals surface area contributed by atoms with Crippen molar-refractivity contribution in [3.05, 3.63) is 72.9 Å². The van der Waals surface area contributed by atoms with Gasteiger partial charge in [0.25, 0.3) is 0 Å². The molecule has 0 atom stereocenters. The summed E-state index contributed by atoms with van der Waals surface area (Å²) in [5, 5.41) is 8.44. The highest BCUT2D eigenvalue weighted by Gasteiger charge is 2.17. The van der Waals surface area contributed by atoms with E-state index in [1.807, 2.05) is 36.4 Å². The molecule has 200 valence electrons. The lowest BCUT2D eigenvalue weighted by molar-refractivity contribution is 0.237. The third kappa shape index (κ3) is 4.62. The summed E-state index contributed by atoms with van der Waals surface area (Å²) in [4.78, 5) is 19.3. The number of halogens is 1. The molecule has 1 aliphatic rings. The number of anilines is 1. The van der Waals surface area contributed by atoms with E-state index in [1.54, 1.807) is 18.6 Å². The Morgan fingerprint density at radius 3 is 2.77 bits per heavy atom. The number of ether oxygens (including phenoxy) is 1. The number of hydrogen-bond donors (Lipinski definition) is 3. The fourth-order valence-corrected chi connectivity index (χ4v) is 5.35. The lowest BCUT2D eigenvalue weighted by atomic mass is 10.0. The Balaban J connectivity index is 1.23. The number of pyridine rings is 3. The number of fused-ring (bicyclic) bond motifs is 2. The van der Waals surface area contributed by atoms with Crippen LogP contribution in [0.25, 0.3) is 55.8 Å². The van der Waals surface area contributed by atoms with E-state index >= 15 is 0 Å². The minimum Gasteiger partial charge on any atom is -0.492 e. The summed E-state index contributed by atoms with van der Waals surface area (Å²) in [6.07, 6.45) is 7.50. The van der Waals surface area contributed by atoms with Crippen LogP contribution in [-0.4, -0.2) is 61.3 Å². The van der Waals surface area contributed by atoms with Crippen molar-refractivity contribution in [2.24, 2.45) is 0 Å². The highest BCUT2D eigenvalue weighted by molar-refractivity contribution is 5.99. The third-order valence-corrected chi connectivity index (χ3v) is 7.31. The van der Waals surface area contributed by atoms with Gasteiger partial charge in [0.2, 0.25) is 0 Å². The molecule has 7 rings (SSSR count). The van der Waals surface area contributed by atoms with Crippen LogP contribution in [0.2, 0.25) is 0 Å². The zero-order chi connectivity index (χ0) is 27.1. The van der Waals surface area contributed by atoms with Gasteiger partial charge in [-0.1, -0.05) is 0 Å². The van der Waals surface area contributed by atoms with Gasteiger partial charge in [-0.25, -0.2) is 14.4 Å². The van der Waals surface area contributed by atoms with Gasteiger partial charge >= 0.3 is 0 Å². The molecule has 40 heavy (non-hydrogen) atoms. The van der Waals surface area contributed by atoms with Crippen molar-refractivity contribution in [1.29, 1.82) is 0 Å². The number of H-pyrrole nitrogens is 2. The van der Waals surface area contributed by atoms with Crippen molar-refractivity contribution in [2.45, 2.75) is 12.8 Å². The summed E-state index contributed by atoms with van der Waals surface area (Å²) in [6.45, 7) is 3.56. The van der Waals surface area contributed by atoms with Gasteiger partial charge < -0.3 is 15.5 Å². The van der Waals surface area contributed by atoms with Gasteiger partial charge in [-0.2, -0.15) is 5.10 Å². The maximum absolute atomic E-state index is 14.7. The van der Waals surface area contributed by atoms with Crippen LogP contribution in [0.4, 0.5) is 10.1 Å². The number of benzene rings is 1. The summed E-state index contributed by atoms with van der Waals surface area (Å²) in [7, 11) is 0. The lowest BCUT2D eigenvalue weighted by Gasteiger charge is -2.15. The van der Waals surface area contributed by atoms with Crippen LogP contribution in [0.5, 0.6) is 5.75 Å². The molecular weight excluding hydrogens is 507 g/mol. The van der Waals surface area contributed by atoms with E-state index in [9.17, 15) is 4.39 Å². The molecule has 1 aliphatic heterocycles. The monoisotopic (exact) mass is 534 g/mol. The molecule has 0 unspecified atom stereocenters. The van der Waals surface area contributed by atoms with Gasteiger partial charge in [-0.05, 0) is 79.5 Å². The average molecular weight is 535 g/mol. The summed E-state index contributed by atoms with van der Waals surface area (Å²) < 4.78 is 20.6.